The summed E-state index contributed by atoms with van der Waals surface area (Å²) in [5, 5.41) is 6.02. The molecule has 2 heterocycles. The van der Waals surface area contributed by atoms with Crippen molar-refractivity contribution in [2.75, 3.05) is 52.5 Å². The largest absolute Gasteiger partial charge is 0.379 e. The number of carbonyl (C=O) groups is 1. The van der Waals surface area contributed by atoms with Crippen molar-refractivity contribution in [3.8, 4) is 10.6 Å². The lowest BCUT2D eigenvalue weighted by atomic mass is 10.1. The van der Waals surface area contributed by atoms with E-state index in [1.165, 1.54) is 5.56 Å². The SMILES string of the molecule is CCN(CC)CCCCNC(=O)Cc1csc(-c2cccc(CN3CCOCC3)c2)n1. The van der Waals surface area contributed by atoms with Crippen LogP contribution in [0.15, 0.2) is 29.6 Å². The van der Waals surface area contributed by atoms with Crippen molar-refractivity contribution in [1.82, 2.24) is 20.1 Å². The summed E-state index contributed by atoms with van der Waals surface area (Å²) in [5.41, 5.74) is 3.26. The van der Waals surface area contributed by atoms with Crippen LogP contribution in [-0.4, -0.2) is 73.2 Å². The number of thiazole rings is 1. The highest BCUT2D eigenvalue weighted by atomic mass is 32.1. The smallest absolute Gasteiger partial charge is 0.226 e. The number of amides is 1. The van der Waals surface area contributed by atoms with Crippen LogP contribution in [0.25, 0.3) is 10.6 Å². The lowest BCUT2D eigenvalue weighted by molar-refractivity contribution is -0.120. The second-order valence-electron chi connectivity index (χ2n) is 7.99. The monoisotopic (exact) mass is 444 g/mol. The Kier molecular flexibility index (Phi) is 9.93. The quantitative estimate of drug-likeness (QED) is 0.509. The predicted molar refractivity (Wildman–Crippen MR) is 127 cm³/mol. The molecular formula is C24H36N4O2S. The maximum absolute atomic E-state index is 12.3. The number of aromatic nitrogens is 1. The van der Waals surface area contributed by atoms with Gasteiger partial charge in [0.15, 0.2) is 0 Å². The second-order valence-corrected chi connectivity index (χ2v) is 8.85. The van der Waals surface area contributed by atoms with Gasteiger partial charge in [-0.15, -0.1) is 11.3 Å². The molecule has 0 atom stereocenters. The minimum Gasteiger partial charge on any atom is -0.379 e. The average Bonchev–Trinajstić information content (AvgIpc) is 3.25. The zero-order valence-corrected chi connectivity index (χ0v) is 19.8. The first-order chi connectivity index (χ1) is 15.2. The van der Waals surface area contributed by atoms with Crippen LogP contribution in [0.3, 0.4) is 0 Å². The van der Waals surface area contributed by atoms with Gasteiger partial charge in [0.1, 0.15) is 5.01 Å². The van der Waals surface area contributed by atoms with Gasteiger partial charge in [0.2, 0.25) is 5.91 Å². The Morgan fingerprint density at radius 3 is 2.81 bits per heavy atom. The first kappa shape index (κ1) is 23.9. The standard InChI is InChI=1S/C24H36N4O2S/c1-3-27(4-2)11-6-5-10-25-23(29)17-22-19-31-24(26-22)21-9-7-8-20(16-21)18-28-12-14-30-15-13-28/h7-9,16,19H,3-6,10-15,17-18H2,1-2H3,(H,25,29). The second kappa shape index (κ2) is 12.9. The highest BCUT2D eigenvalue weighted by Gasteiger charge is 2.13. The molecule has 1 fully saturated rings. The van der Waals surface area contributed by atoms with Gasteiger partial charge in [-0.1, -0.05) is 32.0 Å². The molecule has 0 saturated carbocycles. The molecule has 0 unspecified atom stereocenters. The summed E-state index contributed by atoms with van der Waals surface area (Å²) in [7, 11) is 0. The van der Waals surface area contributed by atoms with Crippen molar-refractivity contribution in [1.29, 1.82) is 0 Å². The van der Waals surface area contributed by atoms with Gasteiger partial charge in [0.05, 0.1) is 25.3 Å². The van der Waals surface area contributed by atoms with E-state index in [1.54, 1.807) is 11.3 Å². The summed E-state index contributed by atoms with van der Waals surface area (Å²) >= 11 is 1.61. The molecule has 1 aromatic heterocycles. The highest BCUT2D eigenvalue weighted by molar-refractivity contribution is 7.13. The number of morpholine rings is 1. The molecule has 0 radical (unpaired) electrons. The predicted octanol–water partition coefficient (Wildman–Crippen LogP) is 3.42. The number of benzene rings is 1. The molecule has 1 amide bonds. The van der Waals surface area contributed by atoms with Crippen molar-refractivity contribution >= 4 is 17.2 Å². The number of nitrogens with one attached hydrogen (secondary N) is 1. The molecule has 6 nitrogen and oxygen atoms in total. The number of ether oxygens (including phenoxy) is 1. The number of hydrogen-bond acceptors (Lipinski definition) is 6. The lowest BCUT2D eigenvalue weighted by Gasteiger charge is -2.26. The molecule has 0 spiro atoms. The fraction of sp³-hybridized carbons (Fsp3) is 0.583. The zero-order chi connectivity index (χ0) is 21.9. The maximum atomic E-state index is 12.3. The Morgan fingerprint density at radius 1 is 1.23 bits per heavy atom. The molecule has 7 heteroatoms. The Labute approximate surface area is 190 Å². The van der Waals surface area contributed by atoms with E-state index < -0.39 is 0 Å². The highest BCUT2D eigenvalue weighted by Crippen LogP contribution is 2.25. The summed E-state index contributed by atoms with van der Waals surface area (Å²) in [4.78, 5) is 21.8. The Bertz CT molecular complexity index is 800. The Balaban J connectivity index is 1.44. The van der Waals surface area contributed by atoms with E-state index in [-0.39, 0.29) is 5.91 Å². The molecular weight excluding hydrogens is 408 g/mol. The number of nitrogens with zero attached hydrogens (tertiary/aromatic N) is 3. The molecule has 1 N–H and O–H groups in total. The molecule has 31 heavy (non-hydrogen) atoms. The van der Waals surface area contributed by atoms with Crippen molar-refractivity contribution in [3.63, 3.8) is 0 Å². The number of carbonyl (C=O) groups excluding carboxylic acids is 1. The van der Waals surface area contributed by atoms with E-state index in [4.69, 9.17) is 9.72 Å². The molecule has 0 bridgehead atoms. The van der Waals surface area contributed by atoms with E-state index >= 15 is 0 Å². The van der Waals surface area contributed by atoms with Crippen molar-refractivity contribution in [2.24, 2.45) is 0 Å². The topological polar surface area (TPSA) is 57.7 Å². The van der Waals surface area contributed by atoms with Gasteiger partial charge in [-0.05, 0) is 44.1 Å². The van der Waals surface area contributed by atoms with E-state index in [1.807, 2.05) is 5.38 Å². The molecule has 3 rings (SSSR count). The van der Waals surface area contributed by atoms with Gasteiger partial charge in [-0.3, -0.25) is 9.69 Å². The molecule has 1 aliphatic rings. The van der Waals surface area contributed by atoms with E-state index in [9.17, 15) is 4.79 Å². The third-order valence-corrected chi connectivity index (χ3v) is 6.64. The Hall–Kier alpha value is -1.80. The van der Waals surface area contributed by atoms with Crippen LogP contribution in [0.4, 0.5) is 0 Å². The summed E-state index contributed by atoms with van der Waals surface area (Å²) in [5.74, 6) is 0.0563. The third-order valence-electron chi connectivity index (χ3n) is 5.69. The molecule has 1 saturated heterocycles. The molecule has 1 aliphatic heterocycles. The van der Waals surface area contributed by atoms with Crippen LogP contribution >= 0.6 is 11.3 Å². The summed E-state index contributed by atoms with van der Waals surface area (Å²) in [6, 6.07) is 8.58. The van der Waals surface area contributed by atoms with Gasteiger partial charge in [0.25, 0.3) is 0 Å². The van der Waals surface area contributed by atoms with Crippen LogP contribution in [0.5, 0.6) is 0 Å². The third kappa shape index (κ3) is 8.00. The Morgan fingerprint density at radius 2 is 2.03 bits per heavy atom. The van der Waals surface area contributed by atoms with Crippen LogP contribution in [-0.2, 0) is 22.5 Å². The normalized spacial score (nSPS) is 14.8. The molecule has 170 valence electrons. The first-order valence-electron chi connectivity index (χ1n) is 11.5. The van der Waals surface area contributed by atoms with Crippen molar-refractivity contribution < 1.29 is 9.53 Å². The number of rotatable bonds is 12. The zero-order valence-electron chi connectivity index (χ0n) is 18.9. The maximum Gasteiger partial charge on any atom is 0.226 e. The number of unbranched alkanes of at least 4 members (excludes halogenated alkanes) is 1. The minimum atomic E-state index is 0.0563. The molecule has 1 aromatic carbocycles. The van der Waals surface area contributed by atoms with Crippen LogP contribution in [0.2, 0.25) is 0 Å². The summed E-state index contributed by atoms with van der Waals surface area (Å²) in [6.07, 6.45) is 2.48. The first-order valence-corrected chi connectivity index (χ1v) is 12.4. The summed E-state index contributed by atoms with van der Waals surface area (Å²) in [6.45, 7) is 12.9. The van der Waals surface area contributed by atoms with E-state index in [0.29, 0.717) is 6.42 Å². The average molecular weight is 445 g/mol. The number of hydrogen-bond donors (Lipinski definition) is 1. The van der Waals surface area contributed by atoms with Crippen molar-refractivity contribution in [3.05, 3.63) is 40.9 Å². The van der Waals surface area contributed by atoms with Crippen molar-refractivity contribution in [2.45, 2.75) is 39.7 Å². The van der Waals surface area contributed by atoms with Gasteiger partial charge in [-0.2, -0.15) is 0 Å². The van der Waals surface area contributed by atoms with Gasteiger partial charge in [-0.25, -0.2) is 4.98 Å². The van der Waals surface area contributed by atoms with Crippen LogP contribution in [0.1, 0.15) is 37.9 Å². The minimum absolute atomic E-state index is 0.0563. The lowest BCUT2D eigenvalue weighted by Crippen LogP contribution is -2.35. The van der Waals surface area contributed by atoms with Crippen LogP contribution < -0.4 is 5.32 Å². The van der Waals surface area contributed by atoms with Gasteiger partial charge >= 0.3 is 0 Å². The molecule has 2 aromatic rings. The fourth-order valence-electron chi connectivity index (χ4n) is 3.80. The fourth-order valence-corrected chi connectivity index (χ4v) is 4.61. The molecule has 0 aliphatic carbocycles. The van der Waals surface area contributed by atoms with Crippen LogP contribution in [0, 0.1) is 0 Å². The van der Waals surface area contributed by atoms with Gasteiger partial charge < -0.3 is 15.0 Å². The van der Waals surface area contributed by atoms with E-state index in [2.05, 4.69) is 53.2 Å². The van der Waals surface area contributed by atoms with E-state index in [0.717, 1.165) is 88.1 Å². The summed E-state index contributed by atoms with van der Waals surface area (Å²) < 4.78 is 5.44. The van der Waals surface area contributed by atoms with Gasteiger partial charge in [0, 0.05) is 37.1 Å².